The normalized spacial score (nSPS) is 13.6. The van der Waals surface area contributed by atoms with Gasteiger partial charge in [-0.3, -0.25) is 0 Å². The van der Waals surface area contributed by atoms with Crippen LogP contribution in [-0.4, -0.2) is 14.4 Å². The molecule has 6 heteroatoms. The first kappa shape index (κ1) is 12.2. The molecule has 68 valence electrons. The zero-order valence-electron chi connectivity index (χ0n) is 5.71. The second kappa shape index (κ2) is 4.45. The number of alkyl halides is 5. The maximum Gasteiger partial charge on any atom is 0.393 e. The van der Waals surface area contributed by atoms with Crippen LogP contribution in [0.3, 0.4) is 0 Å². The van der Waals surface area contributed by atoms with Crippen LogP contribution in [-0.2, 0) is 4.74 Å². The Morgan fingerprint density at radius 1 is 1.27 bits per heavy atom. The summed E-state index contributed by atoms with van der Waals surface area (Å²) in [5.74, 6) is 0. The Kier molecular flexibility index (Phi) is 4.94. The fourth-order valence-electron chi connectivity index (χ4n) is 0.496. The van der Waals surface area contributed by atoms with Crippen molar-refractivity contribution in [1.29, 1.82) is 0 Å². The number of hydrogen-bond acceptors (Lipinski definition) is 1. The van der Waals surface area contributed by atoms with E-state index in [-0.39, 0.29) is 0 Å². The molecule has 0 aliphatic rings. The van der Waals surface area contributed by atoms with Crippen LogP contribution in [0.1, 0.15) is 13.3 Å². The van der Waals surface area contributed by atoms with E-state index in [2.05, 4.69) is 0 Å². The van der Waals surface area contributed by atoms with Gasteiger partial charge in [0, 0.05) is 6.61 Å². The molecule has 0 aromatic carbocycles. The van der Waals surface area contributed by atoms with Gasteiger partial charge in [0.25, 0.3) is 0 Å². The summed E-state index contributed by atoms with van der Waals surface area (Å²) in [7, 11) is 0. The van der Waals surface area contributed by atoms with E-state index in [4.69, 9.17) is 4.74 Å². The minimum Gasteiger partial charge on any atom is -0.355 e. The lowest BCUT2D eigenvalue weighted by molar-refractivity contribution is -0.149. The standard InChI is InChI=1S/C5H7F3I2O/c1-2-11-5(9,10)3-4(6,7)8/h2-3H2,1H3. The lowest BCUT2D eigenvalue weighted by Gasteiger charge is -2.21. The Labute approximate surface area is 90.3 Å². The predicted molar refractivity (Wildman–Crippen MR) is 53.1 cm³/mol. The Morgan fingerprint density at radius 3 is 2.00 bits per heavy atom. The summed E-state index contributed by atoms with van der Waals surface area (Å²) in [6, 6.07) is 0. The first-order valence-corrected chi connectivity index (χ1v) is 5.01. The Hall–Kier alpha value is 1.21. The molecule has 11 heavy (non-hydrogen) atoms. The number of halogens is 5. The van der Waals surface area contributed by atoms with E-state index in [1.54, 1.807) is 52.1 Å². The molecule has 0 aromatic heterocycles. The topological polar surface area (TPSA) is 9.23 Å². The molecule has 0 bridgehead atoms. The summed E-state index contributed by atoms with van der Waals surface area (Å²) in [6.45, 7) is 1.96. The van der Waals surface area contributed by atoms with Crippen LogP contribution >= 0.6 is 45.2 Å². The van der Waals surface area contributed by atoms with Crippen molar-refractivity contribution in [2.24, 2.45) is 0 Å². The Balaban J connectivity index is 3.91. The second-order valence-electron chi connectivity index (χ2n) is 1.86. The molecular formula is C5H7F3I2O. The molecule has 0 heterocycles. The van der Waals surface area contributed by atoms with Crippen molar-refractivity contribution in [3.8, 4) is 0 Å². The van der Waals surface area contributed by atoms with E-state index >= 15 is 0 Å². The van der Waals surface area contributed by atoms with Crippen molar-refractivity contribution in [3.63, 3.8) is 0 Å². The highest BCUT2D eigenvalue weighted by Gasteiger charge is 2.39. The minimum atomic E-state index is -4.16. The summed E-state index contributed by atoms with van der Waals surface area (Å²) in [6.07, 6.45) is -5.08. The molecule has 0 rings (SSSR count). The zero-order chi connectivity index (χ0) is 9.12. The molecular weight excluding hydrogens is 387 g/mol. The van der Waals surface area contributed by atoms with Crippen molar-refractivity contribution in [1.82, 2.24) is 0 Å². The van der Waals surface area contributed by atoms with Crippen molar-refractivity contribution in [3.05, 3.63) is 0 Å². The third-order valence-corrected chi connectivity index (χ3v) is 2.15. The largest absolute Gasteiger partial charge is 0.393 e. The Morgan fingerprint density at radius 2 is 1.73 bits per heavy atom. The smallest absolute Gasteiger partial charge is 0.355 e. The summed E-state index contributed by atoms with van der Waals surface area (Å²) in [5, 5.41) is 0. The van der Waals surface area contributed by atoms with E-state index in [0.29, 0.717) is 6.61 Å². The van der Waals surface area contributed by atoms with E-state index in [9.17, 15) is 13.2 Å². The van der Waals surface area contributed by atoms with Crippen LogP contribution in [0.5, 0.6) is 0 Å². The van der Waals surface area contributed by atoms with Crippen molar-refractivity contribution >= 4 is 45.2 Å². The second-order valence-corrected chi connectivity index (χ2v) is 7.41. The van der Waals surface area contributed by atoms with Crippen LogP contribution in [0.2, 0.25) is 0 Å². The summed E-state index contributed by atoms with van der Waals surface area (Å²) in [4.78, 5) is 0. The van der Waals surface area contributed by atoms with Crippen molar-refractivity contribution < 1.29 is 17.9 Å². The van der Waals surface area contributed by atoms with Gasteiger partial charge >= 0.3 is 6.18 Å². The molecule has 0 fully saturated rings. The van der Waals surface area contributed by atoms with Gasteiger partial charge in [0.05, 0.1) is 6.42 Å². The van der Waals surface area contributed by atoms with Gasteiger partial charge in [-0.2, -0.15) is 13.2 Å². The van der Waals surface area contributed by atoms with Crippen LogP contribution in [0, 0.1) is 0 Å². The molecule has 0 saturated carbocycles. The van der Waals surface area contributed by atoms with Gasteiger partial charge in [0.1, 0.15) is 0 Å². The average molecular weight is 394 g/mol. The maximum atomic E-state index is 11.8. The number of rotatable bonds is 3. The van der Waals surface area contributed by atoms with Crippen LogP contribution in [0.25, 0.3) is 0 Å². The number of hydrogen-bond donors (Lipinski definition) is 0. The predicted octanol–water partition coefficient (Wildman–Crippen LogP) is 3.50. The molecule has 0 amide bonds. The van der Waals surface area contributed by atoms with E-state index in [1.165, 1.54) is 0 Å². The van der Waals surface area contributed by atoms with Crippen LogP contribution in [0.15, 0.2) is 0 Å². The van der Waals surface area contributed by atoms with Gasteiger partial charge in [0.2, 0.25) is 0 Å². The average Bonchev–Trinajstić information content (AvgIpc) is 1.55. The molecule has 0 N–H and O–H groups in total. The molecule has 0 aliphatic heterocycles. The summed E-state index contributed by atoms with van der Waals surface area (Å²) < 4.78 is 39.1. The molecule has 1 nitrogen and oxygen atoms in total. The molecule has 0 atom stereocenters. The minimum absolute atomic E-state index is 0.294. The van der Waals surface area contributed by atoms with Gasteiger partial charge in [-0.1, -0.05) is 0 Å². The van der Waals surface area contributed by atoms with Gasteiger partial charge in [-0.05, 0) is 52.1 Å². The Bertz CT molecular complexity index is 123. The molecule has 0 radical (unpaired) electrons. The summed E-state index contributed by atoms with van der Waals surface area (Å²) in [5.41, 5.74) is 0. The van der Waals surface area contributed by atoms with E-state index < -0.39 is 14.2 Å². The van der Waals surface area contributed by atoms with E-state index in [0.717, 1.165) is 0 Å². The molecule has 0 aliphatic carbocycles. The highest BCUT2D eigenvalue weighted by atomic mass is 127. The lowest BCUT2D eigenvalue weighted by atomic mass is 10.4. The van der Waals surface area contributed by atoms with Gasteiger partial charge in [-0.25, -0.2) is 0 Å². The van der Waals surface area contributed by atoms with E-state index in [1.807, 2.05) is 0 Å². The summed E-state index contributed by atoms with van der Waals surface area (Å²) >= 11 is 3.29. The first-order valence-electron chi connectivity index (χ1n) is 2.85. The third-order valence-electron chi connectivity index (χ3n) is 0.762. The van der Waals surface area contributed by atoms with Gasteiger partial charge in [-0.15, -0.1) is 0 Å². The first-order chi connectivity index (χ1) is 4.77. The molecule has 0 saturated heterocycles. The molecule has 0 unspecified atom stereocenters. The quantitative estimate of drug-likeness (QED) is 0.526. The maximum absolute atomic E-state index is 11.8. The van der Waals surface area contributed by atoms with Gasteiger partial charge < -0.3 is 4.74 Å². The third kappa shape index (κ3) is 7.57. The number of ether oxygens (including phenoxy) is 1. The monoisotopic (exact) mass is 394 g/mol. The van der Waals surface area contributed by atoms with Crippen LogP contribution < -0.4 is 0 Å². The fraction of sp³-hybridized carbons (Fsp3) is 1.00. The SMILES string of the molecule is CCOC(I)(I)CC(F)(F)F. The highest BCUT2D eigenvalue weighted by molar-refractivity contribution is 14.2. The van der Waals surface area contributed by atoms with Gasteiger partial charge in [0.15, 0.2) is 1.61 Å². The van der Waals surface area contributed by atoms with Crippen molar-refractivity contribution in [2.45, 2.75) is 21.1 Å². The molecule has 0 aromatic rings. The fourth-order valence-corrected chi connectivity index (χ4v) is 1.98. The van der Waals surface area contributed by atoms with Crippen LogP contribution in [0.4, 0.5) is 13.2 Å². The van der Waals surface area contributed by atoms with Crippen molar-refractivity contribution in [2.75, 3.05) is 6.61 Å². The highest BCUT2D eigenvalue weighted by Crippen LogP contribution is 2.40. The molecule has 0 spiro atoms. The lowest BCUT2D eigenvalue weighted by Crippen LogP contribution is -2.25. The zero-order valence-corrected chi connectivity index (χ0v) is 10.0.